The van der Waals surface area contributed by atoms with E-state index in [1.54, 1.807) is 0 Å². The summed E-state index contributed by atoms with van der Waals surface area (Å²) < 4.78 is 33.3. The molecular weight excluding hydrogens is 754 g/mol. The van der Waals surface area contributed by atoms with Crippen LogP contribution in [0, 0.1) is 0 Å². The van der Waals surface area contributed by atoms with Crippen LogP contribution in [0.1, 0.15) is 64.7 Å². The van der Waals surface area contributed by atoms with Crippen molar-refractivity contribution < 1.29 is 93.9 Å². The van der Waals surface area contributed by atoms with Crippen LogP contribution in [0.15, 0.2) is 0 Å². The lowest BCUT2D eigenvalue weighted by Crippen LogP contribution is -2.65. The molecule has 3 aliphatic heterocycles. The van der Waals surface area contributed by atoms with Gasteiger partial charge in [0.05, 0.1) is 32.5 Å². The smallest absolute Gasteiger partial charge is 0.234 e. The first kappa shape index (κ1) is 48.5. The van der Waals surface area contributed by atoms with Gasteiger partial charge in [-0.1, -0.05) is 6.42 Å². The number of hydrogen-bond donors (Lipinski definition) is 13. The van der Waals surface area contributed by atoms with Crippen molar-refractivity contribution in [3.63, 3.8) is 0 Å². The van der Waals surface area contributed by atoms with Gasteiger partial charge in [0.25, 0.3) is 0 Å². The third-order valence-corrected chi connectivity index (χ3v) is 9.87. The minimum Gasteiger partial charge on any atom is -0.394 e. The van der Waals surface area contributed by atoms with E-state index in [1.165, 1.54) is 6.92 Å². The summed E-state index contributed by atoms with van der Waals surface area (Å²) in [5.41, 5.74) is 10.8. The molecule has 3 rings (SSSR count). The molecule has 0 radical (unpaired) electrons. The molecule has 3 fully saturated rings. The van der Waals surface area contributed by atoms with Crippen LogP contribution < -0.4 is 16.6 Å². The summed E-state index contributed by atoms with van der Waals surface area (Å²) in [6.07, 6.45) is -21.6. The molecule has 326 valence electrons. The Balaban J connectivity index is 1.53. The van der Waals surface area contributed by atoms with E-state index in [9.17, 15) is 65.4 Å². The first-order valence-corrected chi connectivity index (χ1v) is 18.9. The maximum absolute atomic E-state index is 12.5. The molecule has 0 aromatic rings. The van der Waals surface area contributed by atoms with E-state index in [4.69, 9.17) is 34.2 Å². The molecule has 56 heavy (non-hydrogen) atoms. The van der Waals surface area contributed by atoms with Crippen LogP contribution in [0.3, 0.4) is 0 Å². The van der Waals surface area contributed by atoms with Gasteiger partial charge in [-0.2, -0.15) is 0 Å². The molecule has 14 N–H and O–H groups in total. The highest BCUT2D eigenvalue weighted by molar-refractivity contribution is 5.82. The third kappa shape index (κ3) is 13.8. The van der Waals surface area contributed by atoms with E-state index in [-0.39, 0.29) is 49.8 Å². The number of nitrogens with two attached hydrogens (primary N) is 1. The molecule has 3 saturated heterocycles. The molecule has 0 aromatic carbocycles. The zero-order valence-electron chi connectivity index (χ0n) is 31.4. The first-order chi connectivity index (χ1) is 26.6. The maximum atomic E-state index is 12.5. The van der Waals surface area contributed by atoms with Crippen molar-refractivity contribution in [3.8, 4) is 0 Å². The zero-order valence-corrected chi connectivity index (χ0v) is 31.4. The molecular formula is C34H61N3O19. The Morgan fingerprint density at radius 3 is 1.80 bits per heavy atom. The molecule has 1 amide bonds. The number of ether oxygens (including phenoxy) is 6. The van der Waals surface area contributed by atoms with E-state index in [0.717, 1.165) is 12.8 Å². The SMILES string of the molecule is CC(=O)[C@H](CCCCN)NNC(=O)CCCCC(=O)CCCO[C@@H]1O[C@H](CO[C@H]2O[C@H](CO)[C@@H](O)[C@H](O)[C@H]2O)[C@@H](O)[C@H](O[C@H]2O[C@H](CO)[C@@H](O)[C@H](O)[C@@H]2O)[C@H]1O. The molecule has 0 saturated carbocycles. The minimum atomic E-state index is -1.90. The van der Waals surface area contributed by atoms with Crippen molar-refractivity contribution >= 4 is 17.5 Å². The summed E-state index contributed by atoms with van der Waals surface area (Å²) >= 11 is 0. The number of nitrogens with one attached hydrogen (secondary N) is 2. The normalized spacial score (nSPS) is 36.9. The molecule has 3 heterocycles. The number of ketones is 2. The van der Waals surface area contributed by atoms with Gasteiger partial charge in [-0.15, -0.1) is 0 Å². The summed E-state index contributed by atoms with van der Waals surface area (Å²) in [7, 11) is 0. The number of rotatable bonds is 24. The lowest BCUT2D eigenvalue weighted by molar-refractivity contribution is -0.366. The summed E-state index contributed by atoms with van der Waals surface area (Å²) in [6.45, 7) is -0.345. The molecule has 0 unspecified atom stereocenters. The topological polar surface area (TPSA) is 359 Å². The molecule has 0 aromatic heterocycles. The number of aliphatic hydroxyl groups excluding tert-OH is 10. The Kier molecular flexibility index (Phi) is 21.0. The van der Waals surface area contributed by atoms with Gasteiger partial charge in [-0.3, -0.25) is 19.8 Å². The molecule has 0 bridgehead atoms. The zero-order chi connectivity index (χ0) is 41.5. The van der Waals surface area contributed by atoms with E-state index in [1.807, 2.05) is 0 Å². The summed E-state index contributed by atoms with van der Waals surface area (Å²) in [5, 5.41) is 103. The van der Waals surface area contributed by atoms with Crippen molar-refractivity contribution in [1.82, 2.24) is 10.9 Å². The Morgan fingerprint density at radius 2 is 1.20 bits per heavy atom. The highest BCUT2D eigenvalue weighted by atomic mass is 16.7. The molecule has 22 nitrogen and oxygen atoms in total. The summed E-state index contributed by atoms with van der Waals surface area (Å²) in [4.78, 5) is 36.5. The van der Waals surface area contributed by atoms with Crippen LogP contribution in [0.25, 0.3) is 0 Å². The number of hydrazine groups is 1. The number of Topliss-reactive ketones (excluding diaryl/α,β-unsaturated/α-hetero) is 2. The van der Waals surface area contributed by atoms with Gasteiger partial charge in [0.2, 0.25) is 5.91 Å². The van der Waals surface area contributed by atoms with Crippen LogP contribution in [-0.2, 0) is 42.8 Å². The largest absolute Gasteiger partial charge is 0.394 e. The minimum absolute atomic E-state index is 0.0662. The fourth-order valence-electron chi connectivity index (χ4n) is 6.37. The van der Waals surface area contributed by atoms with E-state index in [0.29, 0.717) is 25.8 Å². The fraction of sp³-hybridized carbons (Fsp3) is 0.912. The van der Waals surface area contributed by atoms with Crippen molar-refractivity contribution in [2.24, 2.45) is 5.73 Å². The second kappa shape index (κ2) is 24.2. The first-order valence-electron chi connectivity index (χ1n) is 18.9. The van der Waals surface area contributed by atoms with Gasteiger partial charge in [-0.25, -0.2) is 5.43 Å². The number of hydrogen-bond acceptors (Lipinski definition) is 21. The number of unbranched alkanes of at least 4 members (excludes halogenated alkanes) is 2. The fourth-order valence-corrected chi connectivity index (χ4v) is 6.37. The van der Waals surface area contributed by atoms with Crippen molar-refractivity contribution in [1.29, 1.82) is 0 Å². The second-order valence-corrected chi connectivity index (χ2v) is 14.2. The van der Waals surface area contributed by atoms with Gasteiger partial charge in [-0.05, 0) is 45.6 Å². The number of aliphatic hydroxyl groups is 10. The maximum Gasteiger partial charge on any atom is 0.234 e. The average molecular weight is 816 g/mol. The Bertz CT molecular complexity index is 1190. The summed E-state index contributed by atoms with van der Waals surface area (Å²) in [6, 6.07) is -0.518. The van der Waals surface area contributed by atoms with E-state index in [2.05, 4.69) is 10.9 Å². The Hall–Kier alpha value is -1.91. The van der Waals surface area contributed by atoms with Gasteiger partial charge in [0.1, 0.15) is 84.8 Å². The number of carbonyl (C=O) groups excluding carboxylic acids is 3. The van der Waals surface area contributed by atoms with Crippen molar-refractivity contribution in [3.05, 3.63) is 0 Å². The molecule has 16 atom stereocenters. The standard InChI is InChI=1S/C34H61N3O19/c1-16(40)18(9-4-5-11-35)36-37-22(42)10-3-2-7-17(41)8-6-12-51-33-30(50)31(56-34-29(49)27(47)24(44)20(14-39)54-34)25(45)21(55-33)15-52-32-28(48)26(46)23(43)19(13-38)53-32/h18-21,23-34,36,38-39,43-50H,2-15,35H2,1H3,(H,37,42)/t18-,19+,20+,21+,23+,24+,25+,26-,27-,28+,29-,30+,31-,32-,33+,34+/m0/s1. The van der Waals surface area contributed by atoms with Crippen LogP contribution in [0.5, 0.6) is 0 Å². The lowest BCUT2D eigenvalue weighted by atomic mass is 9.96. The lowest BCUT2D eigenvalue weighted by Gasteiger charge is -2.46. The number of carbonyl (C=O) groups is 3. The highest BCUT2D eigenvalue weighted by Crippen LogP contribution is 2.31. The average Bonchev–Trinajstić information content (AvgIpc) is 3.17. The summed E-state index contributed by atoms with van der Waals surface area (Å²) in [5.74, 6) is -0.558. The molecule has 22 heteroatoms. The Labute approximate surface area is 323 Å². The molecule has 0 spiro atoms. The molecule has 3 aliphatic rings. The molecule has 0 aliphatic carbocycles. The second-order valence-electron chi connectivity index (χ2n) is 14.2. The van der Waals surface area contributed by atoms with Gasteiger partial charge in [0, 0.05) is 19.3 Å². The predicted octanol–water partition coefficient (Wildman–Crippen LogP) is -5.93. The predicted molar refractivity (Wildman–Crippen MR) is 186 cm³/mol. The third-order valence-electron chi connectivity index (χ3n) is 9.87. The van der Waals surface area contributed by atoms with Crippen LogP contribution in [0.2, 0.25) is 0 Å². The van der Waals surface area contributed by atoms with E-state index < -0.39 is 118 Å². The van der Waals surface area contributed by atoms with Gasteiger partial charge in [0.15, 0.2) is 18.9 Å². The van der Waals surface area contributed by atoms with Crippen molar-refractivity contribution in [2.75, 3.05) is 33.0 Å². The van der Waals surface area contributed by atoms with Crippen molar-refractivity contribution in [2.45, 2.75) is 163 Å². The quantitative estimate of drug-likeness (QED) is 0.0319. The van der Waals surface area contributed by atoms with E-state index >= 15 is 0 Å². The van der Waals surface area contributed by atoms with Crippen LogP contribution >= 0.6 is 0 Å². The monoisotopic (exact) mass is 815 g/mol. The van der Waals surface area contributed by atoms with Gasteiger partial charge < -0.3 is 85.2 Å². The Morgan fingerprint density at radius 1 is 0.643 bits per heavy atom. The highest BCUT2D eigenvalue weighted by Gasteiger charge is 2.52. The number of amides is 1. The van der Waals surface area contributed by atoms with Crippen LogP contribution in [0.4, 0.5) is 0 Å². The van der Waals surface area contributed by atoms with Gasteiger partial charge >= 0.3 is 0 Å². The van der Waals surface area contributed by atoms with Crippen LogP contribution in [-0.4, -0.2) is 200 Å².